The van der Waals surface area contributed by atoms with E-state index in [2.05, 4.69) is 27.8 Å². The highest BCUT2D eigenvalue weighted by atomic mass is 16.1. The van der Waals surface area contributed by atoms with E-state index in [4.69, 9.17) is 0 Å². The fraction of sp³-hybridized carbons (Fsp3) is 0.105. The van der Waals surface area contributed by atoms with Crippen LogP contribution in [0.5, 0.6) is 0 Å². The average Bonchev–Trinajstić information content (AvgIpc) is 2.85. The summed E-state index contributed by atoms with van der Waals surface area (Å²) in [6.45, 7) is 2.02. The molecule has 3 nitrogen and oxygen atoms in total. The van der Waals surface area contributed by atoms with Crippen LogP contribution in [0.25, 0.3) is 32.9 Å². The number of para-hydroxylation sites is 2. The lowest BCUT2D eigenvalue weighted by molar-refractivity contribution is 0.970. The molecule has 3 heteroatoms. The molecule has 0 aliphatic heterocycles. The van der Waals surface area contributed by atoms with E-state index in [9.17, 15) is 4.79 Å². The van der Waals surface area contributed by atoms with Crippen LogP contribution in [0.15, 0.2) is 59.5 Å². The second-order valence-corrected chi connectivity index (χ2v) is 5.67. The summed E-state index contributed by atoms with van der Waals surface area (Å²) in [6.07, 6.45) is 2.04. The topological polar surface area (TPSA) is 37.8 Å². The number of benzene rings is 2. The highest BCUT2D eigenvalue weighted by Gasteiger charge is 2.15. The zero-order valence-electron chi connectivity index (χ0n) is 12.6. The van der Waals surface area contributed by atoms with Gasteiger partial charge in [-0.2, -0.15) is 0 Å². The monoisotopic (exact) mass is 288 g/mol. The van der Waals surface area contributed by atoms with E-state index in [0.717, 1.165) is 38.5 Å². The van der Waals surface area contributed by atoms with Crippen molar-refractivity contribution < 1.29 is 0 Å². The van der Waals surface area contributed by atoms with Gasteiger partial charge < -0.3 is 9.55 Å². The molecule has 0 bridgehead atoms. The minimum absolute atomic E-state index is 0.0347. The lowest BCUT2D eigenvalue weighted by Gasteiger charge is -2.08. The van der Waals surface area contributed by atoms with Crippen LogP contribution in [0, 0.1) is 6.92 Å². The Morgan fingerprint density at radius 3 is 2.45 bits per heavy atom. The van der Waals surface area contributed by atoms with E-state index in [-0.39, 0.29) is 5.56 Å². The van der Waals surface area contributed by atoms with Gasteiger partial charge in [0.15, 0.2) is 0 Å². The van der Waals surface area contributed by atoms with E-state index in [0.29, 0.717) is 0 Å². The molecule has 2 aromatic carbocycles. The van der Waals surface area contributed by atoms with Crippen LogP contribution < -0.4 is 5.56 Å². The molecule has 0 fully saturated rings. The van der Waals surface area contributed by atoms with Crippen LogP contribution in [0.3, 0.4) is 0 Å². The highest BCUT2D eigenvalue weighted by molar-refractivity contribution is 5.99. The Bertz CT molecular complexity index is 1070. The molecule has 0 aliphatic rings. The van der Waals surface area contributed by atoms with Crippen molar-refractivity contribution in [1.29, 1.82) is 0 Å². The molecule has 4 rings (SSSR count). The highest BCUT2D eigenvalue weighted by Crippen LogP contribution is 2.32. The number of aromatic amines is 1. The van der Waals surface area contributed by atoms with Gasteiger partial charge in [-0.3, -0.25) is 4.79 Å². The number of aryl methyl sites for hydroxylation is 2. The zero-order valence-corrected chi connectivity index (χ0v) is 12.6. The molecule has 0 spiro atoms. The second kappa shape index (κ2) is 4.60. The van der Waals surface area contributed by atoms with Crippen molar-refractivity contribution in [2.75, 3.05) is 0 Å². The first-order chi connectivity index (χ1) is 10.7. The molecule has 0 amide bonds. The summed E-state index contributed by atoms with van der Waals surface area (Å²) in [5.41, 5.74) is 4.75. The normalized spacial score (nSPS) is 11.4. The number of rotatable bonds is 1. The molecule has 0 saturated carbocycles. The lowest BCUT2D eigenvalue weighted by Crippen LogP contribution is -2.11. The largest absolute Gasteiger partial charge is 0.350 e. The Labute approximate surface area is 127 Å². The SMILES string of the molecule is Cc1c(-c2cn(C)c3ccccc23)c(=O)[nH]c2ccccc12. The number of H-pyrrole nitrogens is 1. The minimum atomic E-state index is -0.0347. The number of nitrogens with zero attached hydrogens (tertiary/aromatic N) is 1. The summed E-state index contributed by atoms with van der Waals surface area (Å²) in [6, 6.07) is 16.1. The molecule has 0 unspecified atom stereocenters. The van der Waals surface area contributed by atoms with Gasteiger partial charge >= 0.3 is 0 Å². The molecule has 1 N–H and O–H groups in total. The van der Waals surface area contributed by atoms with Gasteiger partial charge in [0.05, 0.1) is 5.56 Å². The molecular formula is C19H16N2O. The number of aromatic nitrogens is 2. The van der Waals surface area contributed by atoms with Crippen LogP contribution in [-0.4, -0.2) is 9.55 Å². The summed E-state index contributed by atoms with van der Waals surface area (Å²) in [4.78, 5) is 15.6. The predicted octanol–water partition coefficient (Wildman–Crippen LogP) is 4.00. The molecule has 22 heavy (non-hydrogen) atoms. The maximum Gasteiger partial charge on any atom is 0.256 e. The van der Waals surface area contributed by atoms with E-state index in [1.807, 2.05) is 50.5 Å². The molecule has 4 aromatic rings. The Morgan fingerprint density at radius 1 is 0.955 bits per heavy atom. The van der Waals surface area contributed by atoms with Crippen LogP contribution >= 0.6 is 0 Å². The third-order valence-corrected chi connectivity index (χ3v) is 4.35. The molecular weight excluding hydrogens is 272 g/mol. The lowest BCUT2D eigenvalue weighted by atomic mass is 9.98. The number of fused-ring (bicyclic) bond motifs is 2. The fourth-order valence-electron chi connectivity index (χ4n) is 3.27. The van der Waals surface area contributed by atoms with Gasteiger partial charge in [0.1, 0.15) is 0 Å². The maximum atomic E-state index is 12.6. The molecule has 0 aliphatic carbocycles. The maximum absolute atomic E-state index is 12.6. The molecule has 2 heterocycles. The first kappa shape index (κ1) is 12.9. The van der Waals surface area contributed by atoms with Crippen LogP contribution in [0.4, 0.5) is 0 Å². The van der Waals surface area contributed by atoms with Gasteiger partial charge in [0, 0.05) is 40.6 Å². The van der Waals surface area contributed by atoms with Gasteiger partial charge in [0.2, 0.25) is 0 Å². The standard InChI is InChI=1S/C19H16N2O/c1-12-13-7-3-5-9-16(13)20-19(22)18(12)15-11-21(2)17-10-6-4-8-14(15)17/h3-11H,1-2H3,(H,20,22). The van der Waals surface area contributed by atoms with Gasteiger partial charge in [-0.1, -0.05) is 36.4 Å². The van der Waals surface area contributed by atoms with Gasteiger partial charge in [0.25, 0.3) is 5.56 Å². The van der Waals surface area contributed by atoms with Crippen LogP contribution in [-0.2, 0) is 7.05 Å². The average molecular weight is 288 g/mol. The summed E-state index contributed by atoms with van der Waals surface area (Å²) < 4.78 is 2.07. The Hall–Kier alpha value is -2.81. The molecule has 0 atom stereocenters. The van der Waals surface area contributed by atoms with E-state index in [1.54, 1.807) is 0 Å². The van der Waals surface area contributed by atoms with Crippen molar-refractivity contribution in [3.63, 3.8) is 0 Å². The minimum Gasteiger partial charge on any atom is -0.350 e. The zero-order chi connectivity index (χ0) is 15.3. The summed E-state index contributed by atoms with van der Waals surface area (Å²) in [5, 5.41) is 2.19. The van der Waals surface area contributed by atoms with E-state index in [1.165, 1.54) is 0 Å². The van der Waals surface area contributed by atoms with Crippen LogP contribution in [0.2, 0.25) is 0 Å². The van der Waals surface area contributed by atoms with E-state index >= 15 is 0 Å². The summed E-state index contributed by atoms with van der Waals surface area (Å²) in [7, 11) is 2.01. The van der Waals surface area contributed by atoms with Crippen molar-refractivity contribution in [2.24, 2.45) is 7.05 Å². The Morgan fingerprint density at radius 2 is 1.64 bits per heavy atom. The fourth-order valence-corrected chi connectivity index (χ4v) is 3.27. The first-order valence-electron chi connectivity index (χ1n) is 7.33. The van der Waals surface area contributed by atoms with Crippen molar-refractivity contribution in [2.45, 2.75) is 6.92 Å². The number of nitrogens with one attached hydrogen (secondary N) is 1. The van der Waals surface area contributed by atoms with Crippen molar-refractivity contribution in [3.05, 3.63) is 70.6 Å². The number of pyridine rings is 1. The molecule has 0 saturated heterocycles. The van der Waals surface area contributed by atoms with Gasteiger partial charge in [-0.15, -0.1) is 0 Å². The van der Waals surface area contributed by atoms with Crippen molar-refractivity contribution in [3.8, 4) is 11.1 Å². The van der Waals surface area contributed by atoms with Gasteiger partial charge in [-0.25, -0.2) is 0 Å². The van der Waals surface area contributed by atoms with Gasteiger partial charge in [-0.05, 0) is 24.6 Å². The van der Waals surface area contributed by atoms with Crippen molar-refractivity contribution >= 4 is 21.8 Å². The Kier molecular flexibility index (Phi) is 2.70. The second-order valence-electron chi connectivity index (χ2n) is 5.67. The smallest absolute Gasteiger partial charge is 0.256 e. The van der Waals surface area contributed by atoms with Crippen LogP contribution in [0.1, 0.15) is 5.56 Å². The Balaban J connectivity index is 2.15. The first-order valence-corrected chi connectivity index (χ1v) is 7.33. The third kappa shape index (κ3) is 1.72. The molecule has 108 valence electrons. The van der Waals surface area contributed by atoms with E-state index < -0.39 is 0 Å². The summed E-state index contributed by atoms with van der Waals surface area (Å²) in [5.74, 6) is 0. The quantitative estimate of drug-likeness (QED) is 0.565. The molecule has 0 radical (unpaired) electrons. The van der Waals surface area contributed by atoms with Crippen molar-refractivity contribution in [1.82, 2.24) is 9.55 Å². The molecule has 2 aromatic heterocycles. The third-order valence-electron chi connectivity index (χ3n) is 4.35. The predicted molar refractivity (Wildman–Crippen MR) is 91.2 cm³/mol. The summed E-state index contributed by atoms with van der Waals surface area (Å²) >= 11 is 0. The number of hydrogen-bond acceptors (Lipinski definition) is 1. The number of hydrogen-bond donors (Lipinski definition) is 1.